The maximum atomic E-state index is 13.6. The molecule has 0 spiro atoms. The molecule has 2 N–H and O–H groups in total. The molecule has 2 heterocycles. The van der Waals surface area contributed by atoms with Crippen LogP contribution in [0.2, 0.25) is 0 Å². The second-order valence-corrected chi connectivity index (χ2v) is 9.03. The van der Waals surface area contributed by atoms with E-state index in [4.69, 9.17) is 0 Å². The summed E-state index contributed by atoms with van der Waals surface area (Å²) in [4.78, 5) is 17.1. The van der Waals surface area contributed by atoms with Gasteiger partial charge in [0, 0.05) is 35.6 Å². The van der Waals surface area contributed by atoms with Crippen LogP contribution in [0.4, 0.5) is 10.5 Å². The number of urea groups is 1. The summed E-state index contributed by atoms with van der Waals surface area (Å²) in [6.07, 6.45) is 5.22. The normalized spacial score (nSPS) is 11.8. The summed E-state index contributed by atoms with van der Waals surface area (Å²) >= 11 is -1.43. The van der Waals surface area contributed by atoms with Gasteiger partial charge in [-0.15, -0.1) is 0 Å². The predicted octanol–water partition coefficient (Wildman–Crippen LogP) is 5.60. The van der Waals surface area contributed by atoms with Crippen LogP contribution in [-0.4, -0.2) is 19.5 Å². The molecule has 2 amide bonds. The lowest BCUT2D eigenvalue weighted by Gasteiger charge is -2.15. The number of aromatic nitrogens is 2. The van der Waals surface area contributed by atoms with E-state index in [0.717, 1.165) is 32.5 Å². The van der Waals surface area contributed by atoms with Crippen LogP contribution >= 0.6 is 0 Å². The van der Waals surface area contributed by atoms with Gasteiger partial charge in [-0.3, -0.25) is 4.98 Å². The van der Waals surface area contributed by atoms with E-state index in [0.29, 0.717) is 12.2 Å². The number of fused-ring (bicyclic) bond motifs is 1. The third kappa shape index (κ3) is 4.66. The number of hydrogen-bond acceptors (Lipinski definition) is 3. The summed E-state index contributed by atoms with van der Waals surface area (Å²) in [5.41, 5.74) is 4.36. The maximum Gasteiger partial charge on any atom is 0.319 e. The van der Waals surface area contributed by atoms with Crippen molar-refractivity contribution in [1.29, 1.82) is 0 Å². The fourth-order valence-corrected chi connectivity index (χ4v) is 5.08. The van der Waals surface area contributed by atoms with Gasteiger partial charge >= 0.3 is 6.03 Å². The molecule has 0 fully saturated rings. The van der Waals surface area contributed by atoms with Crippen LogP contribution in [0.5, 0.6) is 0 Å². The lowest BCUT2D eigenvalue weighted by atomic mass is 10.1. The fraction of sp³-hybridized carbons (Fsp3) is 0.0370. The molecule has 2 aromatic heterocycles. The number of carbonyl (C=O) groups is 1. The standard InChI is InChI=1S/C27H22N4O2S/c32-27(29-19-20-7-6-15-28-18-20)30-23-12-13-25-22(17-23)14-16-31(25)34(33)26-11-5-4-10-24(26)21-8-2-1-3-9-21/h1-18H,19H2,(H2,29,30,32). The van der Waals surface area contributed by atoms with Gasteiger partial charge < -0.3 is 15.2 Å². The number of anilines is 1. The van der Waals surface area contributed by atoms with Gasteiger partial charge in [-0.05, 0) is 53.6 Å². The molecule has 1 unspecified atom stereocenters. The highest BCUT2D eigenvalue weighted by Gasteiger charge is 2.21. The first-order valence-electron chi connectivity index (χ1n) is 10.8. The fourth-order valence-electron chi connectivity index (χ4n) is 3.78. The zero-order chi connectivity index (χ0) is 23.3. The van der Waals surface area contributed by atoms with Gasteiger partial charge in [0.1, 0.15) is 11.4 Å². The van der Waals surface area contributed by atoms with Crippen LogP contribution in [0.25, 0.3) is 22.0 Å². The smallest absolute Gasteiger partial charge is 0.319 e. The lowest BCUT2D eigenvalue weighted by molar-refractivity contribution is 0.251. The van der Waals surface area contributed by atoms with Gasteiger partial charge in [0.25, 0.3) is 0 Å². The molecule has 3 aromatic carbocycles. The number of pyridine rings is 1. The van der Waals surface area contributed by atoms with Gasteiger partial charge in [0.2, 0.25) is 0 Å². The van der Waals surface area contributed by atoms with E-state index in [1.165, 1.54) is 0 Å². The minimum absolute atomic E-state index is 0.303. The minimum atomic E-state index is -1.43. The molecule has 0 bridgehead atoms. The van der Waals surface area contributed by atoms with Crippen molar-refractivity contribution in [2.24, 2.45) is 0 Å². The third-order valence-electron chi connectivity index (χ3n) is 5.43. The van der Waals surface area contributed by atoms with Crippen molar-refractivity contribution in [2.75, 3.05) is 5.32 Å². The molecule has 0 aliphatic carbocycles. The largest absolute Gasteiger partial charge is 0.587 e. The zero-order valence-electron chi connectivity index (χ0n) is 18.2. The van der Waals surface area contributed by atoms with Crippen LogP contribution in [-0.2, 0) is 17.9 Å². The topological polar surface area (TPSA) is 82.0 Å². The summed E-state index contributed by atoms with van der Waals surface area (Å²) in [5, 5.41) is 6.55. The van der Waals surface area contributed by atoms with E-state index >= 15 is 0 Å². The highest BCUT2D eigenvalue weighted by molar-refractivity contribution is 7.90. The van der Waals surface area contributed by atoms with Crippen molar-refractivity contribution in [3.63, 3.8) is 0 Å². The van der Waals surface area contributed by atoms with E-state index in [9.17, 15) is 9.35 Å². The number of benzene rings is 3. The van der Waals surface area contributed by atoms with Crippen molar-refractivity contribution in [2.45, 2.75) is 11.4 Å². The van der Waals surface area contributed by atoms with Crippen LogP contribution in [0.1, 0.15) is 5.56 Å². The highest BCUT2D eigenvalue weighted by Crippen LogP contribution is 2.31. The Morgan fingerprint density at radius 2 is 1.76 bits per heavy atom. The van der Waals surface area contributed by atoms with Crippen LogP contribution in [0.3, 0.4) is 0 Å². The van der Waals surface area contributed by atoms with E-state index in [-0.39, 0.29) is 6.03 Å². The second kappa shape index (κ2) is 9.82. The summed E-state index contributed by atoms with van der Waals surface area (Å²) < 4.78 is 15.3. The average Bonchev–Trinajstić information content (AvgIpc) is 3.31. The number of rotatable bonds is 6. The van der Waals surface area contributed by atoms with Gasteiger partial charge in [-0.2, -0.15) is 3.97 Å². The van der Waals surface area contributed by atoms with Crippen molar-refractivity contribution in [1.82, 2.24) is 14.3 Å². The number of hydrogen-bond donors (Lipinski definition) is 2. The van der Waals surface area contributed by atoms with Gasteiger partial charge in [0.05, 0.1) is 11.7 Å². The van der Waals surface area contributed by atoms with Crippen molar-refractivity contribution < 1.29 is 9.35 Å². The highest BCUT2D eigenvalue weighted by atomic mass is 32.2. The summed E-state index contributed by atoms with van der Waals surface area (Å²) in [6, 6.07) is 28.6. The molecule has 1 atom stereocenters. The van der Waals surface area contributed by atoms with Crippen LogP contribution in [0, 0.1) is 0 Å². The van der Waals surface area contributed by atoms with Crippen molar-refractivity contribution >= 4 is 34.0 Å². The monoisotopic (exact) mass is 466 g/mol. The zero-order valence-corrected chi connectivity index (χ0v) is 19.0. The predicted molar refractivity (Wildman–Crippen MR) is 136 cm³/mol. The maximum absolute atomic E-state index is 13.6. The number of nitrogens with one attached hydrogen (secondary N) is 2. The molecule has 168 valence electrons. The molecule has 0 aliphatic heterocycles. The van der Waals surface area contributed by atoms with E-state index < -0.39 is 11.4 Å². The minimum Gasteiger partial charge on any atom is -0.587 e. The Labute approximate surface area is 200 Å². The number of nitrogens with zero attached hydrogens (tertiary/aromatic N) is 2. The first-order valence-corrected chi connectivity index (χ1v) is 11.9. The van der Waals surface area contributed by atoms with Crippen molar-refractivity contribution in [3.05, 3.63) is 115 Å². The number of carbonyl (C=O) groups excluding carboxylic acids is 1. The van der Waals surface area contributed by atoms with E-state index in [1.54, 1.807) is 16.4 Å². The van der Waals surface area contributed by atoms with Gasteiger partial charge in [-0.25, -0.2) is 4.79 Å². The molecule has 0 saturated heterocycles. The molecule has 5 rings (SSSR count). The Balaban J connectivity index is 1.35. The van der Waals surface area contributed by atoms with Crippen LogP contribution < -0.4 is 10.6 Å². The Kier molecular flexibility index (Phi) is 6.29. The molecule has 0 aliphatic rings. The van der Waals surface area contributed by atoms with Gasteiger partial charge in [0.15, 0.2) is 4.90 Å². The van der Waals surface area contributed by atoms with Gasteiger partial charge in [-0.1, -0.05) is 48.5 Å². The average molecular weight is 467 g/mol. The Hall–Kier alpha value is -4.07. The lowest BCUT2D eigenvalue weighted by Crippen LogP contribution is -2.28. The Bertz CT molecular complexity index is 1420. The second-order valence-electron chi connectivity index (χ2n) is 7.70. The molecule has 34 heavy (non-hydrogen) atoms. The first-order chi connectivity index (χ1) is 16.7. The quantitative estimate of drug-likeness (QED) is 0.320. The molecular weight excluding hydrogens is 444 g/mol. The summed E-state index contributed by atoms with van der Waals surface area (Å²) in [5.74, 6) is 0. The molecule has 0 radical (unpaired) electrons. The van der Waals surface area contributed by atoms with E-state index in [2.05, 4.69) is 15.6 Å². The molecular formula is C27H22N4O2S. The van der Waals surface area contributed by atoms with E-state index in [1.807, 2.05) is 97.2 Å². The molecule has 6 nitrogen and oxygen atoms in total. The first kappa shape index (κ1) is 21.8. The molecule has 5 aromatic rings. The van der Waals surface area contributed by atoms with Crippen molar-refractivity contribution in [3.8, 4) is 11.1 Å². The number of amides is 2. The third-order valence-corrected chi connectivity index (χ3v) is 6.83. The summed E-state index contributed by atoms with van der Waals surface area (Å²) in [7, 11) is 0. The molecule has 0 saturated carbocycles. The Morgan fingerprint density at radius 3 is 2.59 bits per heavy atom. The Morgan fingerprint density at radius 1 is 0.941 bits per heavy atom. The SMILES string of the molecule is O=C(NCc1cccnc1)Nc1ccc2c(ccn2[S+]([O-])c2ccccc2-c2ccccc2)c1. The summed E-state index contributed by atoms with van der Waals surface area (Å²) in [6.45, 7) is 0.387. The molecule has 7 heteroatoms. The van der Waals surface area contributed by atoms with Crippen LogP contribution in [0.15, 0.2) is 114 Å².